The van der Waals surface area contributed by atoms with E-state index in [1.807, 2.05) is 11.3 Å². The molecule has 100 valence electrons. The van der Waals surface area contributed by atoms with Gasteiger partial charge in [-0.3, -0.25) is 0 Å². The SMILES string of the molecule is Cc1ccccc1[C@@H](C)NC1CCCc2sccc21. The first-order valence-electron chi connectivity index (χ1n) is 7.13. The third-order valence-corrected chi connectivity index (χ3v) is 5.15. The second-order valence-electron chi connectivity index (χ2n) is 5.49. The predicted octanol–water partition coefficient (Wildman–Crippen LogP) is 4.78. The largest absolute Gasteiger partial charge is 0.303 e. The minimum atomic E-state index is 0.414. The van der Waals surface area contributed by atoms with Crippen molar-refractivity contribution >= 4 is 11.3 Å². The highest BCUT2D eigenvalue weighted by atomic mass is 32.1. The molecule has 1 aliphatic carbocycles. The molecule has 3 rings (SSSR count). The zero-order chi connectivity index (χ0) is 13.2. The van der Waals surface area contributed by atoms with Gasteiger partial charge in [-0.25, -0.2) is 0 Å². The van der Waals surface area contributed by atoms with Crippen LogP contribution in [0.1, 0.15) is 53.4 Å². The minimum absolute atomic E-state index is 0.414. The number of rotatable bonds is 3. The Morgan fingerprint density at radius 3 is 2.95 bits per heavy atom. The lowest BCUT2D eigenvalue weighted by Crippen LogP contribution is -2.27. The molecule has 2 heteroatoms. The van der Waals surface area contributed by atoms with E-state index in [0.29, 0.717) is 12.1 Å². The predicted molar refractivity (Wildman–Crippen MR) is 82.7 cm³/mol. The van der Waals surface area contributed by atoms with Crippen LogP contribution in [0, 0.1) is 6.92 Å². The maximum Gasteiger partial charge on any atom is 0.0336 e. The summed E-state index contributed by atoms with van der Waals surface area (Å²) in [4.78, 5) is 1.58. The standard InChI is InChI=1S/C17H21NS/c1-12-6-3-4-7-14(12)13(2)18-16-8-5-9-17-15(16)10-11-19-17/h3-4,6-7,10-11,13,16,18H,5,8-9H2,1-2H3/t13-,16?/m1/s1. The smallest absolute Gasteiger partial charge is 0.0336 e. The summed E-state index contributed by atoms with van der Waals surface area (Å²) in [6.45, 7) is 4.48. The highest BCUT2D eigenvalue weighted by Crippen LogP contribution is 2.35. The summed E-state index contributed by atoms with van der Waals surface area (Å²) < 4.78 is 0. The molecule has 1 nitrogen and oxygen atoms in total. The van der Waals surface area contributed by atoms with Crippen molar-refractivity contribution < 1.29 is 0 Å². The molecule has 0 saturated carbocycles. The molecule has 0 amide bonds. The van der Waals surface area contributed by atoms with Gasteiger partial charge < -0.3 is 5.32 Å². The molecule has 0 spiro atoms. The molecule has 1 unspecified atom stereocenters. The van der Waals surface area contributed by atoms with Crippen molar-refractivity contribution in [2.24, 2.45) is 0 Å². The average molecular weight is 271 g/mol. The lowest BCUT2D eigenvalue weighted by atomic mass is 9.92. The molecular formula is C17H21NS. The van der Waals surface area contributed by atoms with E-state index in [1.165, 1.54) is 36.0 Å². The van der Waals surface area contributed by atoms with Crippen molar-refractivity contribution in [3.8, 4) is 0 Å². The summed E-state index contributed by atoms with van der Waals surface area (Å²) in [7, 11) is 0. The molecule has 2 aromatic rings. The highest BCUT2D eigenvalue weighted by molar-refractivity contribution is 7.10. The lowest BCUT2D eigenvalue weighted by molar-refractivity contribution is 0.417. The fraction of sp³-hybridized carbons (Fsp3) is 0.412. The van der Waals surface area contributed by atoms with Crippen molar-refractivity contribution in [1.29, 1.82) is 0 Å². The van der Waals surface area contributed by atoms with Crippen LogP contribution in [-0.2, 0) is 6.42 Å². The summed E-state index contributed by atoms with van der Waals surface area (Å²) in [6, 6.07) is 11.9. The van der Waals surface area contributed by atoms with Crippen LogP contribution < -0.4 is 5.32 Å². The number of hydrogen-bond donors (Lipinski definition) is 1. The van der Waals surface area contributed by atoms with Crippen molar-refractivity contribution in [3.63, 3.8) is 0 Å². The van der Waals surface area contributed by atoms with Gasteiger partial charge in [0.15, 0.2) is 0 Å². The van der Waals surface area contributed by atoms with E-state index in [0.717, 1.165) is 0 Å². The number of aryl methyl sites for hydroxylation is 2. The molecular weight excluding hydrogens is 250 g/mol. The second kappa shape index (κ2) is 5.48. The van der Waals surface area contributed by atoms with Crippen molar-refractivity contribution in [2.45, 2.75) is 45.2 Å². The van der Waals surface area contributed by atoms with Crippen LogP contribution in [0.2, 0.25) is 0 Å². The van der Waals surface area contributed by atoms with Gasteiger partial charge >= 0.3 is 0 Å². The van der Waals surface area contributed by atoms with E-state index in [9.17, 15) is 0 Å². The Labute approximate surface area is 119 Å². The summed E-state index contributed by atoms with van der Waals surface area (Å²) in [5.74, 6) is 0. The Hall–Kier alpha value is -1.12. The van der Waals surface area contributed by atoms with Gasteiger partial charge in [-0.2, -0.15) is 0 Å². The molecule has 0 saturated heterocycles. The van der Waals surface area contributed by atoms with E-state index in [1.54, 1.807) is 4.88 Å². The Kier molecular flexibility index (Phi) is 3.72. The molecule has 1 heterocycles. The normalized spacial score (nSPS) is 20.0. The monoisotopic (exact) mass is 271 g/mol. The summed E-state index contributed by atoms with van der Waals surface area (Å²) >= 11 is 1.92. The Morgan fingerprint density at radius 2 is 2.11 bits per heavy atom. The fourth-order valence-corrected chi connectivity index (χ4v) is 4.11. The van der Waals surface area contributed by atoms with Crippen molar-refractivity contribution in [1.82, 2.24) is 5.32 Å². The van der Waals surface area contributed by atoms with Crippen molar-refractivity contribution in [3.05, 3.63) is 57.3 Å². The van der Waals surface area contributed by atoms with Gasteiger partial charge in [0, 0.05) is 17.0 Å². The van der Waals surface area contributed by atoms with E-state index in [-0.39, 0.29) is 0 Å². The van der Waals surface area contributed by atoms with Gasteiger partial charge in [0.25, 0.3) is 0 Å². The number of benzene rings is 1. The van der Waals surface area contributed by atoms with E-state index in [4.69, 9.17) is 0 Å². The van der Waals surface area contributed by atoms with Gasteiger partial charge in [0.2, 0.25) is 0 Å². The first-order valence-corrected chi connectivity index (χ1v) is 8.01. The maximum absolute atomic E-state index is 3.82. The third kappa shape index (κ3) is 2.60. The number of fused-ring (bicyclic) bond motifs is 1. The summed E-state index contributed by atoms with van der Waals surface area (Å²) in [5.41, 5.74) is 4.34. The molecule has 1 aromatic heterocycles. The third-order valence-electron chi connectivity index (χ3n) is 4.16. The lowest BCUT2D eigenvalue weighted by Gasteiger charge is -2.28. The van der Waals surface area contributed by atoms with E-state index in [2.05, 4.69) is 54.9 Å². The molecule has 0 bridgehead atoms. The van der Waals surface area contributed by atoms with Gasteiger partial charge in [0.1, 0.15) is 0 Å². The summed E-state index contributed by atoms with van der Waals surface area (Å²) in [5, 5.41) is 6.06. The first-order chi connectivity index (χ1) is 9.25. The molecule has 2 atom stereocenters. The summed E-state index contributed by atoms with van der Waals surface area (Å²) in [6.07, 6.45) is 3.84. The highest BCUT2D eigenvalue weighted by Gasteiger charge is 2.22. The molecule has 19 heavy (non-hydrogen) atoms. The van der Waals surface area contributed by atoms with Gasteiger partial charge in [0.05, 0.1) is 0 Å². The van der Waals surface area contributed by atoms with Crippen LogP contribution >= 0.6 is 11.3 Å². The Bertz CT molecular complexity index is 558. The second-order valence-corrected chi connectivity index (χ2v) is 6.49. The van der Waals surface area contributed by atoms with Crippen LogP contribution in [0.25, 0.3) is 0 Å². The van der Waals surface area contributed by atoms with Gasteiger partial charge in [-0.15, -0.1) is 11.3 Å². The fourth-order valence-electron chi connectivity index (χ4n) is 3.12. The Balaban J connectivity index is 1.78. The quantitative estimate of drug-likeness (QED) is 0.846. The molecule has 0 radical (unpaired) electrons. The molecule has 0 aliphatic heterocycles. The van der Waals surface area contributed by atoms with Gasteiger partial charge in [-0.05, 0) is 61.2 Å². The molecule has 0 fully saturated rings. The first kappa shape index (κ1) is 12.9. The Morgan fingerprint density at radius 1 is 1.26 bits per heavy atom. The van der Waals surface area contributed by atoms with E-state index >= 15 is 0 Å². The van der Waals surface area contributed by atoms with Crippen LogP contribution in [0.3, 0.4) is 0 Å². The molecule has 1 aliphatic rings. The van der Waals surface area contributed by atoms with Gasteiger partial charge in [-0.1, -0.05) is 24.3 Å². The maximum atomic E-state index is 3.82. The van der Waals surface area contributed by atoms with Crippen molar-refractivity contribution in [2.75, 3.05) is 0 Å². The topological polar surface area (TPSA) is 12.0 Å². The average Bonchev–Trinajstić information content (AvgIpc) is 2.88. The van der Waals surface area contributed by atoms with E-state index < -0.39 is 0 Å². The van der Waals surface area contributed by atoms with Crippen LogP contribution in [0.5, 0.6) is 0 Å². The minimum Gasteiger partial charge on any atom is -0.303 e. The number of thiophene rings is 1. The zero-order valence-electron chi connectivity index (χ0n) is 11.6. The number of hydrogen-bond acceptors (Lipinski definition) is 2. The molecule has 1 aromatic carbocycles. The molecule has 1 N–H and O–H groups in total. The van der Waals surface area contributed by atoms with Crippen LogP contribution in [-0.4, -0.2) is 0 Å². The van der Waals surface area contributed by atoms with Crippen LogP contribution in [0.4, 0.5) is 0 Å². The number of nitrogens with one attached hydrogen (secondary N) is 1. The van der Waals surface area contributed by atoms with Crippen LogP contribution in [0.15, 0.2) is 35.7 Å². The zero-order valence-corrected chi connectivity index (χ0v) is 12.5.